The van der Waals surface area contributed by atoms with Gasteiger partial charge in [-0.1, -0.05) is 17.7 Å². The average Bonchev–Trinajstić information content (AvgIpc) is 2.50. The van der Waals surface area contributed by atoms with Gasteiger partial charge in [0.2, 0.25) is 11.8 Å². The summed E-state index contributed by atoms with van der Waals surface area (Å²) in [6.45, 7) is 9.12. The summed E-state index contributed by atoms with van der Waals surface area (Å²) in [7, 11) is 0. The summed E-state index contributed by atoms with van der Waals surface area (Å²) < 4.78 is 16.6. The minimum atomic E-state index is -0.0691. The van der Waals surface area contributed by atoms with Crippen LogP contribution in [-0.4, -0.2) is 29.5 Å². The van der Waals surface area contributed by atoms with Crippen molar-refractivity contribution in [2.75, 3.05) is 13.2 Å². The van der Waals surface area contributed by atoms with Crippen LogP contribution < -0.4 is 9.47 Å². The number of hydrogen-bond acceptors (Lipinski definition) is 5. The topological polar surface area (TPSA) is 53.5 Å². The lowest BCUT2D eigenvalue weighted by atomic mass is 10.1. The molecule has 0 saturated carbocycles. The molecule has 1 aromatic carbocycles. The zero-order valence-corrected chi connectivity index (χ0v) is 13.5. The van der Waals surface area contributed by atoms with Gasteiger partial charge in [0.05, 0.1) is 6.61 Å². The normalized spacial score (nSPS) is 12.0. The molecule has 2 aromatic rings. The van der Waals surface area contributed by atoms with E-state index in [-0.39, 0.29) is 6.10 Å². The highest BCUT2D eigenvalue weighted by Crippen LogP contribution is 2.24. The molecule has 5 heteroatoms. The molecule has 22 heavy (non-hydrogen) atoms. The molecule has 0 saturated heterocycles. The predicted molar refractivity (Wildman–Crippen MR) is 84.6 cm³/mol. The number of nitrogens with zero attached hydrogens (tertiary/aromatic N) is 2. The Morgan fingerprint density at radius 2 is 1.77 bits per heavy atom. The van der Waals surface area contributed by atoms with Gasteiger partial charge >= 0.3 is 0 Å². The van der Waals surface area contributed by atoms with Gasteiger partial charge in [0, 0.05) is 18.7 Å². The fourth-order valence-corrected chi connectivity index (χ4v) is 1.98. The Kier molecular flexibility index (Phi) is 5.72. The molecule has 0 N–H and O–H groups in total. The number of hydrogen-bond donors (Lipinski definition) is 0. The molecule has 1 heterocycles. The molecule has 0 aliphatic carbocycles. The van der Waals surface area contributed by atoms with Gasteiger partial charge in [-0.3, -0.25) is 0 Å². The molecular weight excluding hydrogens is 280 g/mol. The van der Waals surface area contributed by atoms with Crippen molar-refractivity contribution in [3.8, 4) is 17.5 Å². The van der Waals surface area contributed by atoms with Crippen molar-refractivity contribution < 1.29 is 14.2 Å². The van der Waals surface area contributed by atoms with Gasteiger partial charge in [0.25, 0.3) is 0 Å². The first-order valence-corrected chi connectivity index (χ1v) is 7.41. The van der Waals surface area contributed by atoms with Gasteiger partial charge in [-0.05, 0) is 39.3 Å². The second-order valence-corrected chi connectivity index (χ2v) is 5.17. The van der Waals surface area contributed by atoms with E-state index in [0.29, 0.717) is 25.0 Å². The lowest BCUT2D eigenvalue weighted by Gasteiger charge is -2.13. The molecule has 1 aromatic heterocycles. The predicted octanol–water partition coefficient (Wildman–Crippen LogP) is 3.69. The zero-order chi connectivity index (χ0) is 15.9. The van der Waals surface area contributed by atoms with Crippen LogP contribution in [0.1, 0.15) is 25.0 Å². The summed E-state index contributed by atoms with van der Waals surface area (Å²) in [5.74, 6) is 1.68. The van der Waals surface area contributed by atoms with E-state index in [0.717, 1.165) is 11.3 Å². The Balaban J connectivity index is 1.96. The fraction of sp³-hybridized carbons (Fsp3) is 0.412. The van der Waals surface area contributed by atoms with Crippen molar-refractivity contribution in [3.63, 3.8) is 0 Å². The Bertz CT molecular complexity index is 599. The third-order valence-corrected chi connectivity index (χ3v) is 3.04. The summed E-state index contributed by atoms with van der Waals surface area (Å²) in [5, 5.41) is 8.05. The summed E-state index contributed by atoms with van der Waals surface area (Å²) in [4.78, 5) is 0. The van der Waals surface area contributed by atoms with Crippen LogP contribution in [0.25, 0.3) is 0 Å². The Hall–Kier alpha value is -2.14. The van der Waals surface area contributed by atoms with Crippen LogP contribution in [-0.2, 0) is 4.74 Å². The molecular formula is C17H22N2O3. The quantitative estimate of drug-likeness (QED) is 0.780. The van der Waals surface area contributed by atoms with Gasteiger partial charge in [-0.2, -0.15) is 0 Å². The minimum Gasteiger partial charge on any atom is -0.471 e. The summed E-state index contributed by atoms with van der Waals surface area (Å²) in [6, 6.07) is 9.49. The van der Waals surface area contributed by atoms with E-state index in [1.807, 2.05) is 39.8 Å². The molecule has 0 fully saturated rings. The molecule has 0 aliphatic rings. The average molecular weight is 302 g/mol. The molecule has 1 atom stereocenters. The highest BCUT2D eigenvalue weighted by atomic mass is 16.5. The fourth-order valence-electron chi connectivity index (χ4n) is 1.98. The molecule has 0 amide bonds. The van der Waals surface area contributed by atoms with E-state index in [2.05, 4.69) is 16.3 Å². The van der Waals surface area contributed by atoms with Gasteiger partial charge in [-0.25, -0.2) is 0 Å². The van der Waals surface area contributed by atoms with Crippen LogP contribution in [0.4, 0.5) is 0 Å². The second-order valence-electron chi connectivity index (χ2n) is 5.17. The number of ether oxygens (including phenoxy) is 3. The van der Waals surface area contributed by atoms with Crippen molar-refractivity contribution in [3.05, 3.63) is 41.5 Å². The second kappa shape index (κ2) is 7.75. The van der Waals surface area contributed by atoms with Crippen LogP contribution in [0, 0.1) is 13.8 Å². The first-order valence-electron chi connectivity index (χ1n) is 7.41. The third kappa shape index (κ3) is 4.70. The van der Waals surface area contributed by atoms with E-state index < -0.39 is 0 Å². The van der Waals surface area contributed by atoms with Gasteiger partial charge in [-0.15, -0.1) is 10.2 Å². The van der Waals surface area contributed by atoms with E-state index >= 15 is 0 Å². The maximum Gasteiger partial charge on any atom is 0.239 e. The number of aromatic nitrogens is 2. The summed E-state index contributed by atoms with van der Waals surface area (Å²) in [6.07, 6.45) is -0.0691. The SMILES string of the molecule is CCOCC(C)Oc1ccc(Oc2ccc(C)cc2C)nn1. The minimum absolute atomic E-state index is 0.0691. The molecule has 118 valence electrons. The zero-order valence-electron chi connectivity index (χ0n) is 13.5. The molecule has 0 aliphatic heterocycles. The molecule has 5 nitrogen and oxygen atoms in total. The highest BCUT2D eigenvalue weighted by Gasteiger charge is 2.07. The molecule has 0 spiro atoms. The molecule has 0 radical (unpaired) electrons. The molecule has 1 unspecified atom stereocenters. The Morgan fingerprint density at radius 3 is 2.41 bits per heavy atom. The van der Waals surface area contributed by atoms with Gasteiger partial charge in [0.15, 0.2) is 0 Å². The number of rotatable bonds is 7. The first kappa shape index (κ1) is 16.2. The maximum atomic E-state index is 5.74. The van der Waals surface area contributed by atoms with Crippen LogP contribution in [0.5, 0.6) is 17.5 Å². The maximum absolute atomic E-state index is 5.74. The molecule has 2 rings (SSSR count). The van der Waals surface area contributed by atoms with Crippen LogP contribution in [0.15, 0.2) is 30.3 Å². The standard InChI is InChI=1S/C17H22N2O3/c1-5-20-11-14(4)21-16-8-9-17(19-18-16)22-15-7-6-12(2)10-13(15)3/h6-10,14H,5,11H2,1-4H3. The Morgan fingerprint density at radius 1 is 1.05 bits per heavy atom. The lowest BCUT2D eigenvalue weighted by molar-refractivity contribution is 0.0627. The van der Waals surface area contributed by atoms with Crippen molar-refractivity contribution in [2.45, 2.75) is 33.8 Å². The van der Waals surface area contributed by atoms with Crippen molar-refractivity contribution in [2.24, 2.45) is 0 Å². The van der Waals surface area contributed by atoms with Crippen LogP contribution in [0.3, 0.4) is 0 Å². The lowest BCUT2D eigenvalue weighted by Crippen LogP contribution is -2.19. The van der Waals surface area contributed by atoms with E-state index in [1.54, 1.807) is 12.1 Å². The van der Waals surface area contributed by atoms with Crippen molar-refractivity contribution in [1.82, 2.24) is 10.2 Å². The monoisotopic (exact) mass is 302 g/mol. The van der Waals surface area contributed by atoms with E-state index in [1.165, 1.54) is 5.56 Å². The number of aryl methyl sites for hydroxylation is 2. The van der Waals surface area contributed by atoms with E-state index in [4.69, 9.17) is 14.2 Å². The van der Waals surface area contributed by atoms with Crippen molar-refractivity contribution >= 4 is 0 Å². The van der Waals surface area contributed by atoms with E-state index in [9.17, 15) is 0 Å². The van der Waals surface area contributed by atoms with Crippen LogP contribution in [0.2, 0.25) is 0 Å². The number of benzene rings is 1. The summed E-state index contributed by atoms with van der Waals surface area (Å²) in [5.41, 5.74) is 2.26. The summed E-state index contributed by atoms with van der Waals surface area (Å²) >= 11 is 0. The van der Waals surface area contributed by atoms with Crippen LogP contribution >= 0.6 is 0 Å². The highest BCUT2D eigenvalue weighted by molar-refractivity contribution is 5.37. The Labute approximate surface area is 131 Å². The molecule has 0 bridgehead atoms. The van der Waals surface area contributed by atoms with Gasteiger partial charge in [0.1, 0.15) is 11.9 Å². The van der Waals surface area contributed by atoms with Gasteiger partial charge < -0.3 is 14.2 Å². The first-order chi connectivity index (χ1) is 10.6. The smallest absolute Gasteiger partial charge is 0.239 e. The third-order valence-electron chi connectivity index (χ3n) is 3.04. The van der Waals surface area contributed by atoms with Crippen molar-refractivity contribution in [1.29, 1.82) is 0 Å². The largest absolute Gasteiger partial charge is 0.471 e.